The molecule has 0 saturated heterocycles. The average molecular weight is 324 g/mol. The summed E-state index contributed by atoms with van der Waals surface area (Å²) in [4.78, 5) is 22.5. The number of amides is 1. The third-order valence-corrected chi connectivity index (χ3v) is 3.43. The molecule has 1 aromatic carbocycles. The lowest BCUT2D eigenvalue weighted by Gasteiger charge is -2.37. The molecule has 1 amide bonds. The van der Waals surface area contributed by atoms with Crippen molar-refractivity contribution in [3.05, 3.63) is 29.6 Å². The van der Waals surface area contributed by atoms with E-state index >= 15 is 0 Å². The summed E-state index contributed by atoms with van der Waals surface area (Å²) in [5.41, 5.74) is -0.352. The first-order chi connectivity index (χ1) is 10.6. The van der Waals surface area contributed by atoms with Gasteiger partial charge in [-0.1, -0.05) is 0 Å². The van der Waals surface area contributed by atoms with Crippen molar-refractivity contribution >= 4 is 17.7 Å². The van der Waals surface area contributed by atoms with Gasteiger partial charge in [-0.25, -0.2) is 14.0 Å². The largest absolute Gasteiger partial charge is 0.478 e. The highest BCUT2D eigenvalue weighted by Crippen LogP contribution is 2.25. The summed E-state index contributed by atoms with van der Waals surface area (Å²) in [6.45, 7) is 5.39. The van der Waals surface area contributed by atoms with Crippen LogP contribution in [-0.4, -0.2) is 34.9 Å². The number of carbonyl (C=O) groups is 2. The standard InChI is InChI=1S/C16H21FN2O4/c1-16(2,3)23-15(22)19-11-6-10(7-11)18-9-4-5-13(17)12(8-9)14(20)21/h4-5,8,10-11,18H,6-7H2,1-3H3,(H,19,22)(H,20,21). The van der Waals surface area contributed by atoms with E-state index in [4.69, 9.17) is 9.84 Å². The van der Waals surface area contributed by atoms with Crippen molar-refractivity contribution in [1.82, 2.24) is 5.32 Å². The number of benzene rings is 1. The van der Waals surface area contributed by atoms with E-state index in [-0.39, 0.29) is 17.6 Å². The fourth-order valence-corrected chi connectivity index (χ4v) is 2.34. The number of anilines is 1. The Morgan fingerprint density at radius 2 is 1.91 bits per heavy atom. The minimum Gasteiger partial charge on any atom is -0.478 e. The molecule has 6 nitrogen and oxygen atoms in total. The topological polar surface area (TPSA) is 87.7 Å². The van der Waals surface area contributed by atoms with E-state index in [9.17, 15) is 14.0 Å². The van der Waals surface area contributed by atoms with Crippen LogP contribution in [0.25, 0.3) is 0 Å². The zero-order valence-corrected chi connectivity index (χ0v) is 13.4. The average Bonchev–Trinajstić information content (AvgIpc) is 2.35. The van der Waals surface area contributed by atoms with Crippen LogP contribution in [0.15, 0.2) is 18.2 Å². The number of hydrogen-bond donors (Lipinski definition) is 3. The Morgan fingerprint density at radius 3 is 2.48 bits per heavy atom. The highest BCUT2D eigenvalue weighted by Gasteiger charge is 2.31. The van der Waals surface area contributed by atoms with Crippen LogP contribution in [0.4, 0.5) is 14.9 Å². The molecule has 2 rings (SSSR count). The molecular weight excluding hydrogens is 303 g/mol. The minimum atomic E-state index is -1.30. The summed E-state index contributed by atoms with van der Waals surface area (Å²) in [6, 6.07) is 4.01. The minimum absolute atomic E-state index is 0.0155. The van der Waals surface area contributed by atoms with Crippen LogP contribution in [0.3, 0.4) is 0 Å². The lowest BCUT2D eigenvalue weighted by atomic mass is 9.86. The van der Waals surface area contributed by atoms with Gasteiger partial charge in [-0.15, -0.1) is 0 Å². The Kier molecular flexibility index (Phi) is 4.77. The van der Waals surface area contributed by atoms with Gasteiger partial charge in [0.15, 0.2) is 0 Å². The third kappa shape index (κ3) is 4.84. The Morgan fingerprint density at radius 1 is 1.26 bits per heavy atom. The van der Waals surface area contributed by atoms with Crippen LogP contribution in [0.2, 0.25) is 0 Å². The van der Waals surface area contributed by atoms with Gasteiger partial charge in [-0.2, -0.15) is 0 Å². The molecule has 126 valence electrons. The maximum absolute atomic E-state index is 13.3. The van der Waals surface area contributed by atoms with Crippen LogP contribution in [0.5, 0.6) is 0 Å². The molecule has 0 radical (unpaired) electrons. The predicted molar refractivity (Wildman–Crippen MR) is 83.2 cm³/mol. The number of carbonyl (C=O) groups excluding carboxylic acids is 1. The number of nitrogens with one attached hydrogen (secondary N) is 2. The van der Waals surface area contributed by atoms with Crippen LogP contribution in [-0.2, 0) is 4.74 Å². The Bertz CT molecular complexity index is 607. The predicted octanol–water partition coefficient (Wildman–Crippen LogP) is 2.99. The third-order valence-electron chi connectivity index (χ3n) is 3.43. The molecule has 1 saturated carbocycles. The van der Waals surface area contributed by atoms with Crippen LogP contribution in [0.1, 0.15) is 44.0 Å². The van der Waals surface area contributed by atoms with Gasteiger partial charge in [0.2, 0.25) is 0 Å². The van der Waals surface area contributed by atoms with Crippen molar-refractivity contribution in [1.29, 1.82) is 0 Å². The van der Waals surface area contributed by atoms with Crippen molar-refractivity contribution in [2.75, 3.05) is 5.32 Å². The number of hydrogen-bond acceptors (Lipinski definition) is 4. The van der Waals surface area contributed by atoms with Crippen molar-refractivity contribution in [2.24, 2.45) is 0 Å². The molecule has 0 unspecified atom stereocenters. The molecule has 0 aliphatic heterocycles. The summed E-state index contributed by atoms with van der Waals surface area (Å²) in [7, 11) is 0. The Hall–Kier alpha value is -2.31. The van der Waals surface area contributed by atoms with Gasteiger partial charge in [0.05, 0.1) is 5.56 Å². The second kappa shape index (κ2) is 6.44. The fourth-order valence-electron chi connectivity index (χ4n) is 2.34. The molecule has 1 aliphatic carbocycles. The summed E-state index contributed by atoms with van der Waals surface area (Å²) in [5, 5.41) is 14.8. The second-order valence-electron chi connectivity index (χ2n) is 6.66. The quantitative estimate of drug-likeness (QED) is 0.792. The smallest absolute Gasteiger partial charge is 0.407 e. The normalized spacial score (nSPS) is 20.3. The highest BCUT2D eigenvalue weighted by molar-refractivity contribution is 5.89. The number of ether oxygens (including phenoxy) is 1. The highest BCUT2D eigenvalue weighted by atomic mass is 19.1. The van der Waals surface area contributed by atoms with Gasteiger partial charge in [0.1, 0.15) is 11.4 Å². The number of carboxylic acid groups (broad SMARTS) is 1. The van der Waals surface area contributed by atoms with Crippen molar-refractivity contribution in [2.45, 2.75) is 51.3 Å². The van der Waals surface area contributed by atoms with Gasteiger partial charge in [0, 0.05) is 17.8 Å². The number of carboxylic acids is 1. The SMILES string of the molecule is CC(C)(C)OC(=O)NC1CC(Nc2ccc(F)c(C(=O)O)c2)C1. The van der Waals surface area contributed by atoms with E-state index in [2.05, 4.69) is 10.6 Å². The molecule has 1 aromatic rings. The van der Waals surface area contributed by atoms with Crippen molar-refractivity contribution in [3.8, 4) is 0 Å². The summed E-state index contributed by atoms with van der Waals surface area (Å²) < 4.78 is 18.5. The van der Waals surface area contributed by atoms with Gasteiger partial charge in [-0.05, 0) is 51.8 Å². The molecule has 1 fully saturated rings. The molecule has 1 aliphatic rings. The van der Waals surface area contributed by atoms with E-state index in [1.165, 1.54) is 12.1 Å². The van der Waals surface area contributed by atoms with Gasteiger partial charge < -0.3 is 20.5 Å². The first-order valence-corrected chi connectivity index (χ1v) is 7.43. The molecule has 3 N–H and O–H groups in total. The van der Waals surface area contributed by atoms with E-state index < -0.39 is 23.5 Å². The molecule has 7 heteroatoms. The zero-order chi connectivity index (χ0) is 17.2. The molecule has 0 heterocycles. The van der Waals surface area contributed by atoms with Crippen molar-refractivity contribution < 1.29 is 23.8 Å². The number of rotatable bonds is 4. The maximum atomic E-state index is 13.3. The lowest BCUT2D eigenvalue weighted by Crippen LogP contribution is -2.50. The van der Waals surface area contributed by atoms with Gasteiger partial charge in [0.25, 0.3) is 0 Å². The molecule has 0 atom stereocenters. The van der Waals surface area contributed by atoms with Gasteiger partial charge >= 0.3 is 12.1 Å². The van der Waals surface area contributed by atoms with Crippen molar-refractivity contribution in [3.63, 3.8) is 0 Å². The number of halogens is 1. The second-order valence-corrected chi connectivity index (χ2v) is 6.66. The monoisotopic (exact) mass is 324 g/mol. The Labute approximate surface area is 134 Å². The molecule has 23 heavy (non-hydrogen) atoms. The lowest BCUT2D eigenvalue weighted by molar-refractivity contribution is 0.0475. The molecule has 0 bridgehead atoms. The summed E-state index contributed by atoms with van der Waals surface area (Å²) in [5.74, 6) is -2.06. The first kappa shape index (κ1) is 17.1. The maximum Gasteiger partial charge on any atom is 0.407 e. The van der Waals surface area contributed by atoms with E-state index in [1.807, 2.05) is 0 Å². The van der Waals surface area contributed by atoms with Gasteiger partial charge in [-0.3, -0.25) is 0 Å². The summed E-state index contributed by atoms with van der Waals surface area (Å²) in [6.07, 6.45) is 0.939. The van der Waals surface area contributed by atoms with E-state index in [0.29, 0.717) is 18.5 Å². The van der Waals surface area contributed by atoms with E-state index in [1.54, 1.807) is 20.8 Å². The Balaban J connectivity index is 1.81. The number of alkyl carbamates (subject to hydrolysis) is 1. The molecule has 0 spiro atoms. The summed E-state index contributed by atoms with van der Waals surface area (Å²) >= 11 is 0. The number of aromatic carboxylic acids is 1. The first-order valence-electron chi connectivity index (χ1n) is 7.43. The molecule has 0 aromatic heterocycles. The molecular formula is C16H21FN2O4. The van der Waals surface area contributed by atoms with Crippen LogP contribution in [0, 0.1) is 5.82 Å². The zero-order valence-electron chi connectivity index (χ0n) is 13.4. The van der Waals surface area contributed by atoms with E-state index in [0.717, 1.165) is 6.07 Å². The van der Waals surface area contributed by atoms with Crippen LogP contribution < -0.4 is 10.6 Å². The fraction of sp³-hybridized carbons (Fsp3) is 0.500. The van der Waals surface area contributed by atoms with Crippen LogP contribution >= 0.6 is 0 Å².